The molecule has 1 N–H and O–H groups in total. The molecule has 2 heterocycles. The van der Waals surface area contributed by atoms with E-state index in [-0.39, 0.29) is 11.9 Å². The van der Waals surface area contributed by atoms with Crippen LogP contribution >= 0.6 is 11.6 Å². The van der Waals surface area contributed by atoms with Gasteiger partial charge in [0.05, 0.1) is 0 Å². The van der Waals surface area contributed by atoms with Crippen molar-refractivity contribution in [3.63, 3.8) is 0 Å². The smallest absolute Gasteiger partial charge is 0.253 e. The van der Waals surface area contributed by atoms with Gasteiger partial charge in [0.1, 0.15) is 16.8 Å². The van der Waals surface area contributed by atoms with Gasteiger partial charge in [0.2, 0.25) is 0 Å². The number of anilines is 1. The Labute approximate surface area is 146 Å². The van der Waals surface area contributed by atoms with Crippen molar-refractivity contribution in [1.82, 2.24) is 14.9 Å². The second-order valence-electron chi connectivity index (χ2n) is 6.46. The minimum absolute atomic E-state index is 0.0827. The Hall–Kier alpha value is -2.14. The zero-order chi connectivity index (χ0) is 16.5. The van der Waals surface area contributed by atoms with Crippen LogP contribution in [0, 0.1) is 0 Å². The predicted octanol–water partition coefficient (Wildman–Crippen LogP) is 3.33. The summed E-state index contributed by atoms with van der Waals surface area (Å²) in [7, 11) is 0. The fourth-order valence-electron chi connectivity index (χ4n) is 3.07. The Balaban J connectivity index is 1.41. The summed E-state index contributed by atoms with van der Waals surface area (Å²) in [5.41, 5.74) is 0.735. The zero-order valence-corrected chi connectivity index (χ0v) is 14.0. The molecule has 24 heavy (non-hydrogen) atoms. The summed E-state index contributed by atoms with van der Waals surface area (Å²) in [5.74, 6) is 2.14. The van der Waals surface area contributed by atoms with Crippen molar-refractivity contribution in [3.05, 3.63) is 52.9 Å². The number of halogens is 1. The van der Waals surface area contributed by atoms with E-state index >= 15 is 0 Å². The topological polar surface area (TPSA) is 58.1 Å². The maximum absolute atomic E-state index is 12.5. The van der Waals surface area contributed by atoms with Crippen molar-refractivity contribution in [2.45, 2.75) is 31.2 Å². The lowest BCUT2D eigenvalue weighted by Crippen LogP contribution is -2.31. The molecule has 5 nitrogen and oxygen atoms in total. The summed E-state index contributed by atoms with van der Waals surface area (Å²) in [6.07, 6.45) is 3.18. The average Bonchev–Trinajstić information content (AvgIpc) is 3.35. The van der Waals surface area contributed by atoms with Gasteiger partial charge in [-0.15, -0.1) is 0 Å². The second kappa shape index (κ2) is 6.40. The van der Waals surface area contributed by atoms with Crippen molar-refractivity contribution in [3.8, 4) is 0 Å². The lowest BCUT2D eigenvalue weighted by atomic mass is 10.2. The Morgan fingerprint density at radius 3 is 2.71 bits per heavy atom. The summed E-state index contributed by atoms with van der Waals surface area (Å²) in [6.45, 7) is 1.42. The predicted molar refractivity (Wildman–Crippen MR) is 93.4 cm³/mol. The molecule has 1 unspecified atom stereocenters. The molecular formula is C18H19ClN4O. The van der Waals surface area contributed by atoms with E-state index in [1.165, 1.54) is 0 Å². The number of carbonyl (C=O) groups excluding carboxylic acids is 1. The molecule has 1 aliphatic heterocycles. The molecule has 1 aliphatic carbocycles. The fourth-order valence-corrected chi connectivity index (χ4v) is 3.26. The van der Waals surface area contributed by atoms with Crippen molar-refractivity contribution >= 4 is 23.3 Å². The summed E-state index contributed by atoms with van der Waals surface area (Å²) in [4.78, 5) is 23.3. The quantitative estimate of drug-likeness (QED) is 0.866. The number of rotatable bonds is 4. The minimum atomic E-state index is 0.0827. The third-order valence-corrected chi connectivity index (χ3v) is 4.70. The molecule has 124 valence electrons. The number of hydrogen-bond donors (Lipinski definition) is 1. The zero-order valence-electron chi connectivity index (χ0n) is 13.3. The lowest BCUT2D eigenvalue weighted by Gasteiger charge is -2.17. The molecule has 2 aliphatic rings. The van der Waals surface area contributed by atoms with Crippen LogP contribution in [0.2, 0.25) is 5.15 Å². The van der Waals surface area contributed by atoms with Gasteiger partial charge < -0.3 is 10.2 Å². The van der Waals surface area contributed by atoms with Gasteiger partial charge in [0.25, 0.3) is 5.91 Å². The van der Waals surface area contributed by atoms with Crippen LogP contribution in [-0.2, 0) is 0 Å². The Kier molecular flexibility index (Phi) is 4.10. The lowest BCUT2D eigenvalue weighted by molar-refractivity contribution is 0.0791. The molecule has 0 spiro atoms. The minimum Gasteiger partial charge on any atom is -0.365 e. The number of nitrogens with zero attached hydrogens (tertiary/aromatic N) is 3. The standard InChI is InChI=1S/C18H19ClN4O/c19-15-10-16(22-17(21-15)12-6-7-12)20-14-8-9-23(11-14)18(24)13-4-2-1-3-5-13/h1-5,10,12,14H,6-9,11H2,(H,20,21,22). The summed E-state index contributed by atoms with van der Waals surface area (Å²) < 4.78 is 0. The molecule has 1 aromatic carbocycles. The van der Waals surface area contributed by atoms with Crippen LogP contribution < -0.4 is 5.32 Å². The van der Waals surface area contributed by atoms with E-state index < -0.39 is 0 Å². The highest BCUT2D eigenvalue weighted by molar-refractivity contribution is 6.29. The van der Waals surface area contributed by atoms with E-state index in [1.807, 2.05) is 35.2 Å². The molecule has 1 saturated carbocycles. The SMILES string of the molecule is O=C(c1ccccc1)N1CCC(Nc2cc(Cl)nc(C3CC3)n2)C1. The van der Waals surface area contributed by atoms with Gasteiger partial charge in [-0.05, 0) is 31.4 Å². The Bertz CT molecular complexity index is 748. The molecule has 1 amide bonds. The monoisotopic (exact) mass is 342 g/mol. The van der Waals surface area contributed by atoms with Crippen molar-refractivity contribution in [2.75, 3.05) is 18.4 Å². The van der Waals surface area contributed by atoms with Crippen LogP contribution in [-0.4, -0.2) is 39.9 Å². The van der Waals surface area contributed by atoms with Crippen molar-refractivity contribution in [1.29, 1.82) is 0 Å². The van der Waals surface area contributed by atoms with E-state index in [4.69, 9.17) is 11.6 Å². The normalized spacial score (nSPS) is 20.2. The highest BCUT2D eigenvalue weighted by Crippen LogP contribution is 2.38. The number of carbonyl (C=O) groups is 1. The van der Waals surface area contributed by atoms with Gasteiger partial charge >= 0.3 is 0 Å². The van der Waals surface area contributed by atoms with Gasteiger partial charge in [0.15, 0.2) is 0 Å². The molecule has 1 atom stereocenters. The third-order valence-electron chi connectivity index (χ3n) is 4.50. The third kappa shape index (κ3) is 3.36. The molecule has 1 saturated heterocycles. The maximum atomic E-state index is 12.5. The average molecular weight is 343 g/mol. The van der Waals surface area contributed by atoms with Gasteiger partial charge in [-0.3, -0.25) is 4.79 Å². The van der Waals surface area contributed by atoms with Crippen LogP contribution in [0.1, 0.15) is 41.4 Å². The number of aromatic nitrogens is 2. The first kappa shape index (κ1) is 15.4. The Morgan fingerprint density at radius 1 is 1.17 bits per heavy atom. The molecule has 2 aromatic rings. The Morgan fingerprint density at radius 2 is 1.96 bits per heavy atom. The summed E-state index contributed by atoms with van der Waals surface area (Å²) in [5, 5.41) is 3.89. The van der Waals surface area contributed by atoms with Crippen molar-refractivity contribution < 1.29 is 4.79 Å². The van der Waals surface area contributed by atoms with E-state index in [2.05, 4.69) is 15.3 Å². The molecule has 4 rings (SSSR count). The largest absolute Gasteiger partial charge is 0.365 e. The second-order valence-corrected chi connectivity index (χ2v) is 6.84. The number of hydrogen-bond acceptors (Lipinski definition) is 4. The first-order chi connectivity index (χ1) is 11.7. The van der Waals surface area contributed by atoms with Gasteiger partial charge in [-0.1, -0.05) is 29.8 Å². The number of likely N-dealkylation sites (tertiary alicyclic amines) is 1. The fraction of sp³-hybridized carbons (Fsp3) is 0.389. The number of benzene rings is 1. The summed E-state index contributed by atoms with van der Waals surface area (Å²) in [6, 6.07) is 11.4. The highest BCUT2D eigenvalue weighted by atomic mass is 35.5. The maximum Gasteiger partial charge on any atom is 0.253 e. The van der Waals surface area contributed by atoms with E-state index in [0.29, 0.717) is 17.6 Å². The molecule has 6 heteroatoms. The first-order valence-corrected chi connectivity index (χ1v) is 8.72. The van der Waals surface area contributed by atoms with Crippen LogP contribution in [0.5, 0.6) is 0 Å². The van der Waals surface area contributed by atoms with Crippen LogP contribution in [0.4, 0.5) is 5.82 Å². The van der Waals surface area contributed by atoms with Gasteiger partial charge in [-0.25, -0.2) is 9.97 Å². The molecular weight excluding hydrogens is 324 g/mol. The van der Waals surface area contributed by atoms with Gasteiger partial charge in [-0.2, -0.15) is 0 Å². The van der Waals surface area contributed by atoms with Gasteiger partial charge in [0, 0.05) is 36.7 Å². The number of nitrogens with one attached hydrogen (secondary N) is 1. The van der Waals surface area contributed by atoms with E-state index in [0.717, 1.165) is 43.0 Å². The van der Waals surface area contributed by atoms with Crippen molar-refractivity contribution in [2.24, 2.45) is 0 Å². The molecule has 0 radical (unpaired) electrons. The highest BCUT2D eigenvalue weighted by Gasteiger charge is 2.29. The van der Waals surface area contributed by atoms with E-state index in [1.54, 1.807) is 6.07 Å². The molecule has 1 aromatic heterocycles. The first-order valence-electron chi connectivity index (χ1n) is 8.34. The van der Waals surface area contributed by atoms with E-state index in [9.17, 15) is 4.79 Å². The summed E-state index contributed by atoms with van der Waals surface area (Å²) >= 11 is 6.11. The van der Waals surface area contributed by atoms with Crippen LogP contribution in [0.3, 0.4) is 0 Å². The van der Waals surface area contributed by atoms with Crippen LogP contribution in [0.15, 0.2) is 36.4 Å². The number of amides is 1. The molecule has 0 bridgehead atoms. The molecule has 2 fully saturated rings. The van der Waals surface area contributed by atoms with Crippen LogP contribution in [0.25, 0.3) is 0 Å².